The van der Waals surface area contributed by atoms with Gasteiger partial charge in [0, 0.05) is 17.4 Å². The Balaban J connectivity index is 1.87. The van der Waals surface area contributed by atoms with Crippen LogP contribution in [0.15, 0.2) is 57.9 Å². The molecule has 0 spiro atoms. The molecule has 0 aliphatic rings. The highest BCUT2D eigenvalue weighted by Crippen LogP contribution is 2.20. The monoisotopic (exact) mass is 454 g/mol. The summed E-state index contributed by atoms with van der Waals surface area (Å²) in [5.41, 5.74) is 0.974. The van der Waals surface area contributed by atoms with Crippen LogP contribution < -0.4 is 14.8 Å². The molecule has 0 radical (unpaired) electrons. The van der Waals surface area contributed by atoms with Gasteiger partial charge in [-0.25, -0.2) is 13.1 Å². The fourth-order valence-corrected chi connectivity index (χ4v) is 3.82. The van der Waals surface area contributed by atoms with Crippen molar-refractivity contribution in [1.29, 1.82) is 0 Å². The van der Waals surface area contributed by atoms with E-state index in [1.54, 1.807) is 19.2 Å². The molecule has 0 bridgehead atoms. The van der Waals surface area contributed by atoms with Crippen LogP contribution in [-0.2, 0) is 14.8 Å². The van der Waals surface area contributed by atoms with E-state index in [4.69, 9.17) is 4.74 Å². The largest absolute Gasteiger partial charge is 0.497 e. The van der Waals surface area contributed by atoms with Crippen molar-refractivity contribution in [1.82, 2.24) is 10.0 Å². The van der Waals surface area contributed by atoms with Crippen LogP contribution in [0.3, 0.4) is 0 Å². The van der Waals surface area contributed by atoms with Crippen LogP contribution in [0.25, 0.3) is 0 Å². The first-order valence-corrected chi connectivity index (χ1v) is 10.8. The van der Waals surface area contributed by atoms with Crippen molar-refractivity contribution in [3.63, 3.8) is 0 Å². The van der Waals surface area contributed by atoms with E-state index in [9.17, 15) is 13.2 Å². The quantitative estimate of drug-likeness (QED) is 0.607. The fraction of sp³-hybridized carbons (Fsp3) is 0.316. The Labute approximate surface area is 168 Å². The third-order valence-electron chi connectivity index (χ3n) is 4.03. The number of rotatable bonds is 9. The number of hydrogen-bond donors (Lipinski definition) is 2. The average molecular weight is 455 g/mol. The van der Waals surface area contributed by atoms with Gasteiger partial charge in [0.05, 0.1) is 18.0 Å². The molecule has 0 aliphatic carbocycles. The van der Waals surface area contributed by atoms with Gasteiger partial charge in [0.2, 0.25) is 15.9 Å². The Bertz CT molecular complexity index is 852. The highest BCUT2D eigenvalue weighted by Gasteiger charge is 2.16. The zero-order valence-electron chi connectivity index (χ0n) is 15.2. The molecule has 1 amide bonds. The predicted octanol–water partition coefficient (Wildman–Crippen LogP) is 3.39. The van der Waals surface area contributed by atoms with E-state index in [-0.39, 0.29) is 29.8 Å². The summed E-state index contributed by atoms with van der Waals surface area (Å²) in [6, 6.07) is 13.7. The lowest BCUT2D eigenvalue weighted by Crippen LogP contribution is -2.32. The highest BCUT2D eigenvalue weighted by atomic mass is 79.9. The lowest BCUT2D eigenvalue weighted by molar-refractivity contribution is -0.121. The van der Waals surface area contributed by atoms with Crippen molar-refractivity contribution in [2.24, 2.45) is 0 Å². The molecule has 1 unspecified atom stereocenters. The average Bonchev–Trinajstić information content (AvgIpc) is 2.66. The summed E-state index contributed by atoms with van der Waals surface area (Å²) in [6.45, 7) is 2.01. The number of sulfonamides is 1. The molecule has 2 rings (SSSR count). The molecule has 0 saturated carbocycles. The van der Waals surface area contributed by atoms with Crippen LogP contribution >= 0.6 is 15.9 Å². The summed E-state index contributed by atoms with van der Waals surface area (Å²) in [4.78, 5) is 12.4. The van der Waals surface area contributed by atoms with E-state index < -0.39 is 10.0 Å². The molecule has 0 saturated heterocycles. The Morgan fingerprint density at radius 1 is 1.11 bits per heavy atom. The number of amides is 1. The Hall–Kier alpha value is -1.90. The van der Waals surface area contributed by atoms with Crippen molar-refractivity contribution in [2.75, 3.05) is 13.7 Å². The lowest BCUT2D eigenvalue weighted by atomic mass is 10.0. The number of nitrogens with one attached hydrogen (secondary N) is 2. The minimum Gasteiger partial charge on any atom is -0.497 e. The van der Waals surface area contributed by atoms with Crippen molar-refractivity contribution in [3.8, 4) is 5.75 Å². The number of methoxy groups -OCH3 is 1. The van der Waals surface area contributed by atoms with Gasteiger partial charge in [0.15, 0.2) is 0 Å². The summed E-state index contributed by atoms with van der Waals surface area (Å²) in [6.07, 6.45) is 0.783. The van der Waals surface area contributed by atoms with Crippen LogP contribution in [0.4, 0.5) is 0 Å². The van der Waals surface area contributed by atoms with Gasteiger partial charge in [-0.15, -0.1) is 0 Å². The first-order valence-electron chi connectivity index (χ1n) is 8.54. The number of benzene rings is 2. The van der Waals surface area contributed by atoms with E-state index in [1.165, 1.54) is 12.1 Å². The van der Waals surface area contributed by atoms with Gasteiger partial charge in [-0.1, -0.05) is 35.0 Å². The van der Waals surface area contributed by atoms with Crippen LogP contribution in [0.2, 0.25) is 0 Å². The molecule has 6 nitrogen and oxygen atoms in total. The van der Waals surface area contributed by atoms with E-state index in [0.717, 1.165) is 22.2 Å². The summed E-state index contributed by atoms with van der Waals surface area (Å²) in [7, 11) is -2.03. The molecule has 2 aromatic carbocycles. The minimum atomic E-state index is -3.63. The van der Waals surface area contributed by atoms with Gasteiger partial charge in [-0.3, -0.25) is 4.79 Å². The molecule has 2 N–H and O–H groups in total. The molecule has 146 valence electrons. The Morgan fingerprint density at radius 2 is 1.74 bits per heavy atom. The molecule has 1 atom stereocenters. The van der Waals surface area contributed by atoms with E-state index in [2.05, 4.69) is 26.0 Å². The topological polar surface area (TPSA) is 84.5 Å². The summed E-state index contributed by atoms with van der Waals surface area (Å²) < 4.78 is 32.8. The second kappa shape index (κ2) is 9.87. The van der Waals surface area contributed by atoms with Gasteiger partial charge >= 0.3 is 0 Å². The van der Waals surface area contributed by atoms with Crippen LogP contribution in [0.5, 0.6) is 5.75 Å². The van der Waals surface area contributed by atoms with Crippen LogP contribution in [0.1, 0.15) is 31.4 Å². The normalized spacial score (nSPS) is 12.4. The predicted molar refractivity (Wildman–Crippen MR) is 108 cm³/mol. The summed E-state index contributed by atoms with van der Waals surface area (Å²) >= 11 is 3.27. The number of halogens is 1. The van der Waals surface area contributed by atoms with Crippen molar-refractivity contribution in [2.45, 2.75) is 30.7 Å². The SMILES string of the molecule is CCC(NC(=O)CCNS(=O)(=O)c1ccc(Br)cc1)c1ccc(OC)cc1. The second-order valence-corrected chi connectivity index (χ2v) is 8.59. The first kappa shape index (κ1) is 21.4. The molecule has 27 heavy (non-hydrogen) atoms. The molecule has 0 aromatic heterocycles. The van der Waals surface area contributed by atoms with Gasteiger partial charge in [0.25, 0.3) is 0 Å². The van der Waals surface area contributed by atoms with Gasteiger partial charge < -0.3 is 10.1 Å². The van der Waals surface area contributed by atoms with E-state index in [0.29, 0.717) is 0 Å². The summed E-state index contributed by atoms with van der Waals surface area (Å²) in [5.74, 6) is 0.540. The van der Waals surface area contributed by atoms with Crippen LogP contribution in [-0.4, -0.2) is 28.0 Å². The lowest BCUT2D eigenvalue weighted by Gasteiger charge is -2.18. The third kappa shape index (κ3) is 6.34. The maximum absolute atomic E-state index is 12.2. The Kier molecular flexibility index (Phi) is 7.82. The second-order valence-electron chi connectivity index (χ2n) is 5.90. The van der Waals surface area contributed by atoms with E-state index in [1.807, 2.05) is 31.2 Å². The molecular formula is C19H23BrN2O4S. The first-order chi connectivity index (χ1) is 12.9. The number of hydrogen-bond acceptors (Lipinski definition) is 4. The van der Waals surface area contributed by atoms with Gasteiger partial charge in [-0.05, 0) is 48.4 Å². The standard InChI is InChI=1S/C19H23BrN2O4S/c1-3-18(14-4-8-16(26-2)9-5-14)22-19(23)12-13-21-27(24,25)17-10-6-15(20)7-11-17/h4-11,18,21H,3,12-13H2,1-2H3,(H,22,23). The molecule has 8 heteroatoms. The molecule has 0 heterocycles. The van der Waals surface area contributed by atoms with Gasteiger partial charge in [0.1, 0.15) is 5.75 Å². The zero-order chi connectivity index (χ0) is 19.9. The smallest absolute Gasteiger partial charge is 0.240 e. The van der Waals surface area contributed by atoms with Crippen molar-refractivity contribution < 1.29 is 17.9 Å². The maximum Gasteiger partial charge on any atom is 0.240 e. The third-order valence-corrected chi connectivity index (χ3v) is 6.04. The molecule has 0 aliphatic heterocycles. The number of carbonyl (C=O) groups is 1. The van der Waals surface area contributed by atoms with Gasteiger partial charge in [-0.2, -0.15) is 0 Å². The maximum atomic E-state index is 12.2. The minimum absolute atomic E-state index is 0.0310. The zero-order valence-corrected chi connectivity index (χ0v) is 17.6. The van der Waals surface area contributed by atoms with E-state index >= 15 is 0 Å². The molecular weight excluding hydrogens is 432 g/mol. The molecule has 0 fully saturated rings. The van der Waals surface area contributed by atoms with Crippen molar-refractivity contribution >= 4 is 31.9 Å². The summed E-state index contributed by atoms with van der Waals surface area (Å²) in [5, 5.41) is 2.93. The fourth-order valence-electron chi connectivity index (χ4n) is 2.52. The number of ether oxygens (including phenoxy) is 1. The Morgan fingerprint density at radius 3 is 2.30 bits per heavy atom. The van der Waals surface area contributed by atoms with Crippen LogP contribution in [0, 0.1) is 0 Å². The number of carbonyl (C=O) groups excluding carboxylic acids is 1. The van der Waals surface area contributed by atoms with Crippen molar-refractivity contribution in [3.05, 3.63) is 58.6 Å². The highest BCUT2D eigenvalue weighted by molar-refractivity contribution is 9.10. The molecule has 2 aromatic rings.